The Balaban J connectivity index is 2.56. The lowest BCUT2D eigenvalue weighted by molar-refractivity contribution is -0.109. The minimum absolute atomic E-state index is 0.00806. The van der Waals surface area contributed by atoms with Crippen LogP contribution < -0.4 is 0 Å². The Labute approximate surface area is 70.9 Å². The van der Waals surface area contributed by atoms with Crippen LogP contribution in [0.4, 0.5) is 5.69 Å². The third-order valence-corrected chi connectivity index (χ3v) is 1.87. The minimum Gasteiger partial charge on any atom is -0.292 e. The number of para-hydroxylation sites is 1. The van der Waals surface area contributed by atoms with E-state index in [4.69, 9.17) is 0 Å². The molecule has 0 aromatic heterocycles. The highest BCUT2D eigenvalue weighted by Crippen LogP contribution is 2.24. The quantitative estimate of drug-likeness (QED) is 0.567. The van der Waals surface area contributed by atoms with Gasteiger partial charge in [0.25, 0.3) is 0 Å². The van der Waals surface area contributed by atoms with Crippen LogP contribution in [0.1, 0.15) is 12.5 Å². The van der Waals surface area contributed by atoms with Gasteiger partial charge in [-0.05, 0) is 18.6 Å². The van der Waals surface area contributed by atoms with Gasteiger partial charge in [-0.25, -0.2) is 4.99 Å². The fourth-order valence-corrected chi connectivity index (χ4v) is 1.19. The molecule has 0 saturated heterocycles. The Morgan fingerprint density at radius 3 is 2.83 bits per heavy atom. The summed E-state index contributed by atoms with van der Waals surface area (Å²) in [6, 6.07) is 7.61. The molecular formula is C10H8NO. The van der Waals surface area contributed by atoms with Crippen molar-refractivity contribution in [2.75, 3.05) is 0 Å². The van der Waals surface area contributed by atoms with Crippen LogP contribution in [0.3, 0.4) is 0 Å². The first-order valence-corrected chi connectivity index (χ1v) is 3.81. The van der Waals surface area contributed by atoms with Crippen molar-refractivity contribution >= 4 is 17.2 Å². The van der Waals surface area contributed by atoms with Gasteiger partial charge in [-0.2, -0.15) is 0 Å². The van der Waals surface area contributed by atoms with Gasteiger partial charge in [0, 0.05) is 0 Å². The van der Waals surface area contributed by atoms with Crippen molar-refractivity contribution in [3.05, 3.63) is 36.2 Å². The first-order valence-electron chi connectivity index (χ1n) is 3.81. The van der Waals surface area contributed by atoms with Crippen molar-refractivity contribution in [2.45, 2.75) is 6.92 Å². The third kappa shape index (κ3) is 1.05. The normalized spacial score (nSPS) is 15.4. The summed E-state index contributed by atoms with van der Waals surface area (Å²) in [4.78, 5) is 15.3. The number of fused-ring (bicyclic) bond motifs is 1. The lowest BCUT2D eigenvalue weighted by atomic mass is 10.0. The number of rotatable bonds is 0. The molecule has 1 aliphatic heterocycles. The topological polar surface area (TPSA) is 29.4 Å². The van der Waals surface area contributed by atoms with Crippen molar-refractivity contribution in [2.24, 2.45) is 4.99 Å². The summed E-state index contributed by atoms with van der Waals surface area (Å²) >= 11 is 0. The van der Waals surface area contributed by atoms with Gasteiger partial charge >= 0.3 is 0 Å². The van der Waals surface area contributed by atoms with Gasteiger partial charge in [0.05, 0.1) is 17.8 Å². The van der Waals surface area contributed by atoms with Crippen molar-refractivity contribution in [1.29, 1.82) is 0 Å². The summed E-state index contributed by atoms with van der Waals surface area (Å²) in [6.45, 7) is 1.73. The van der Waals surface area contributed by atoms with E-state index < -0.39 is 0 Å². The number of hydrogen-bond donors (Lipinski definition) is 0. The Hall–Kier alpha value is -1.44. The summed E-state index contributed by atoms with van der Waals surface area (Å²) in [7, 11) is 0. The fraction of sp³-hybridized carbons (Fsp3) is 0.100. The maximum atomic E-state index is 11.2. The molecule has 0 spiro atoms. The van der Waals surface area contributed by atoms with E-state index in [0.29, 0.717) is 5.71 Å². The van der Waals surface area contributed by atoms with Crippen LogP contribution in [0, 0.1) is 6.42 Å². The van der Waals surface area contributed by atoms with Crippen LogP contribution in [0.25, 0.3) is 0 Å². The molecule has 2 rings (SSSR count). The average Bonchev–Trinajstić information content (AvgIpc) is 2.07. The number of aliphatic imine (C=N–C) groups is 1. The molecule has 1 aromatic rings. The SMILES string of the molecule is CC1=Nc2ccccc2[CH]C1=O. The predicted molar refractivity (Wildman–Crippen MR) is 47.6 cm³/mol. The zero-order valence-electron chi connectivity index (χ0n) is 6.74. The van der Waals surface area contributed by atoms with E-state index in [1.165, 1.54) is 0 Å². The standard InChI is InChI=1S/C10H8NO/c1-7-10(12)6-8-4-2-3-5-9(8)11-7/h2-6H,1H3. The molecule has 0 atom stereocenters. The molecule has 2 nitrogen and oxygen atoms in total. The zero-order chi connectivity index (χ0) is 8.55. The number of hydrogen-bond acceptors (Lipinski definition) is 2. The molecule has 0 unspecified atom stereocenters. The first-order chi connectivity index (χ1) is 5.77. The lowest BCUT2D eigenvalue weighted by Gasteiger charge is -2.10. The summed E-state index contributed by atoms with van der Waals surface area (Å²) in [5.74, 6) is 0.00806. The number of ketones is 1. The van der Waals surface area contributed by atoms with Crippen molar-refractivity contribution in [3.8, 4) is 0 Å². The predicted octanol–water partition coefficient (Wildman–Crippen LogP) is 1.91. The largest absolute Gasteiger partial charge is 0.292 e. The third-order valence-electron chi connectivity index (χ3n) is 1.87. The number of benzene rings is 1. The van der Waals surface area contributed by atoms with Gasteiger partial charge < -0.3 is 0 Å². The van der Waals surface area contributed by atoms with Crippen LogP contribution in [0.2, 0.25) is 0 Å². The van der Waals surface area contributed by atoms with Gasteiger partial charge in [0.2, 0.25) is 0 Å². The lowest BCUT2D eigenvalue weighted by Crippen LogP contribution is -2.14. The smallest absolute Gasteiger partial charge is 0.185 e. The van der Waals surface area contributed by atoms with Gasteiger partial charge in [-0.1, -0.05) is 18.2 Å². The van der Waals surface area contributed by atoms with E-state index in [-0.39, 0.29) is 5.78 Å². The average molecular weight is 158 g/mol. The molecule has 0 aliphatic carbocycles. The second kappa shape index (κ2) is 2.55. The van der Waals surface area contributed by atoms with Gasteiger partial charge in [0.1, 0.15) is 0 Å². The fourth-order valence-electron chi connectivity index (χ4n) is 1.19. The van der Waals surface area contributed by atoms with Gasteiger partial charge in [0.15, 0.2) is 5.78 Å². The number of nitrogens with zero attached hydrogens (tertiary/aromatic N) is 1. The van der Waals surface area contributed by atoms with Crippen LogP contribution in [0.15, 0.2) is 29.3 Å². The summed E-state index contributed by atoms with van der Waals surface area (Å²) in [6.07, 6.45) is 1.62. The zero-order valence-corrected chi connectivity index (χ0v) is 6.74. The van der Waals surface area contributed by atoms with E-state index in [9.17, 15) is 4.79 Å². The molecule has 1 aromatic carbocycles. The molecule has 1 heterocycles. The van der Waals surface area contributed by atoms with E-state index >= 15 is 0 Å². The van der Waals surface area contributed by atoms with E-state index in [0.717, 1.165) is 11.3 Å². The summed E-state index contributed by atoms with van der Waals surface area (Å²) in [5.41, 5.74) is 2.36. The maximum Gasteiger partial charge on any atom is 0.185 e. The van der Waals surface area contributed by atoms with Gasteiger partial charge in [-0.15, -0.1) is 0 Å². The molecule has 0 fully saturated rings. The highest BCUT2D eigenvalue weighted by atomic mass is 16.1. The van der Waals surface area contributed by atoms with Crippen LogP contribution in [-0.2, 0) is 4.79 Å². The highest BCUT2D eigenvalue weighted by Gasteiger charge is 2.15. The molecular weight excluding hydrogens is 150 g/mol. The molecule has 0 amide bonds. The first kappa shape index (κ1) is 7.22. The second-order valence-corrected chi connectivity index (χ2v) is 2.76. The molecule has 0 saturated carbocycles. The van der Waals surface area contributed by atoms with E-state index in [2.05, 4.69) is 4.99 Å². The summed E-state index contributed by atoms with van der Waals surface area (Å²) in [5, 5.41) is 0. The number of carbonyl (C=O) groups is 1. The van der Waals surface area contributed by atoms with E-state index in [1.54, 1.807) is 13.3 Å². The molecule has 1 aliphatic rings. The molecule has 2 heteroatoms. The summed E-state index contributed by atoms with van der Waals surface area (Å²) < 4.78 is 0. The Bertz CT molecular complexity index is 366. The number of Topliss-reactive ketones (excluding diaryl/α,β-unsaturated/α-hetero) is 1. The Morgan fingerprint density at radius 2 is 2.00 bits per heavy atom. The Kier molecular flexibility index (Phi) is 1.54. The van der Waals surface area contributed by atoms with Crippen molar-refractivity contribution < 1.29 is 4.79 Å². The van der Waals surface area contributed by atoms with Crippen LogP contribution in [0.5, 0.6) is 0 Å². The molecule has 0 N–H and O–H groups in total. The van der Waals surface area contributed by atoms with Gasteiger partial charge in [-0.3, -0.25) is 4.79 Å². The second-order valence-electron chi connectivity index (χ2n) is 2.76. The molecule has 59 valence electrons. The Morgan fingerprint density at radius 1 is 1.25 bits per heavy atom. The van der Waals surface area contributed by atoms with E-state index in [1.807, 2.05) is 24.3 Å². The van der Waals surface area contributed by atoms with Crippen molar-refractivity contribution in [3.63, 3.8) is 0 Å². The highest BCUT2D eigenvalue weighted by molar-refractivity contribution is 6.44. The monoisotopic (exact) mass is 158 g/mol. The number of carbonyl (C=O) groups excluding carboxylic acids is 1. The maximum absolute atomic E-state index is 11.2. The molecule has 0 bridgehead atoms. The van der Waals surface area contributed by atoms with Crippen molar-refractivity contribution in [1.82, 2.24) is 0 Å². The minimum atomic E-state index is 0.00806. The molecule has 12 heavy (non-hydrogen) atoms. The van der Waals surface area contributed by atoms with Crippen LogP contribution in [-0.4, -0.2) is 11.5 Å². The van der Waals surface area contributed by atoms with Crippen LogP contribution >= 0.6 is 0 Å². The molecule has 1 radical (unpaired) electrons.